The number of rotatable bonds is 6. The van der Waals surface area contributed by atoms with Crippen LogP contribution in [0.3, 0.4) is 0 Å². The fourth-order valence-corrected chi connectivity index (χ4v) is 4.27. The van der Waals surface area contributed by atoms with E-state index in [1.807, 2.05) is 12.1 Å². The van der Waals surface area contributed by atoms with Crippen LogP contribution in [0.15, 0.2) is 18.3 Å². The minimum Gasteiger partial charge on any atom is -0.474 e. The van der Waals surface area contributed by atoms with E-state index < -0.39 is 0 Å². The zero-order chi connectivity index (χ0) is 20.6. The van der Waals surface area contributed by atoms with E-state index in [1.165, 1.54) is 12.8 Å². The highest BCUT2D eigenvalue weighted by Crippen LogP contribution is 2.27. The van der Waals surface area contributed by atoms with E-state index >= 15 is 0 Å². The molecule has 2 saturated carbocycles. The van der Waals surface area contributed by atoms with Crippen LogP contribution in [-0.4, -0.2) is 36.1 Å². The van der Waals surface area contributed by atoms with Crippen LogP contribution in [0.1, 0.15) is 63.9 Å². The summed E-state index contributed by atoms with van der Waals surface area (Å²) in [5.74, 6) is 1.60. The fraction of sp³-hybridized carbons (Fsp3) is 0.682. The van der Waals surface area contributed by atoms with Crippen molar-refractivity contribution in [3.63, 3.8) is 0 Å². The van der Waals surface area contributed by atoms with E-state index in [0.29, 0.717) is 12.4 Å². The molecule has 2 aliphatic carbocycles. The van der Waals surface area contributed by atoms with E-state index in [1.54, 1.807) is 13.2 Å². The van der Waals surface area contributed by atoms with Gasteiger partial charge < -0.3 is 20.7 Å². The Kier molecular flexibility index (Phi) is 7.72. The molecule has 3 amide bonds. The minimum atomic E-state index is -0.172. The number of urea groups is 1. The predicted octanol–water partition coefficient (Wildman–Crippen LogP) is 3.14. The highest BCUT2D eigenvalue weighted by molar-refractivity contribution is 5.78. The lowest BCUT2D eigenvalue weighted by molar-refractivity contribution is -0.125. The average molecular weight is 403 g/mol. The molecule has 3 N–H and O–H groups in total. The Labute approximate surface area is 173 Å². The van der Waals surface area contributed by atoms with Gasteiger partial charge in [-0.3, -0.25) is 4.79 Å². The molecule has 1 heterocycles. The van der Waals surface area contributed by atoms with Gasteiger partial charge in [-0.05, 0) is 68.9 Å². The van der Waals surface area contributed by atoms with Gasteiger partial charge in [0, 0.05) is 37.8 Å². The topological polar surface area (TPSA) is 92.4 Å². The maximum Gasteiger partial charge on any atom is 0.315 e. The normalized spacial score (nSPS) is 27.0. The molecule has 1 aromatic heterocycles. The van der Waals surface area contributed by atoms with Gasteiger partial charge in [0.2, 0.25) is 11.8 Å². The summed E-state index contributed by atoms with van der Waals surface area (Å²) in [6.45, 7) is 2.72. The van der Waals surface area contributed by atoms with Crippen molar-refractivity contribution in [2.75, 3.05) is 7.05 Å². The second kappa shape index (κ2) is 10.5. The number of aromatic nitrogens is 1. The molecule has 0 atom stereocenters. The monoisotopic (exact) mass is 402 g/mol. The van der Waals surface area contributed by atoms with Gasteiger partial charge in [0.05, 0.1) is 0 Å². The van der Waals surface area contributed by atoms with Crippen molar-refractivity contribution in [1.29, 1.82) is 0 Å². The first kappa shape index (κ1) is 21.4. The number of hydrogen-bond donors (Lipinski definition) is 3. The zero-order valence-electron chi connectivity index (χ0n) is 17.6. The van der Waals surface area contributed by atoms with Crippen LogP contribution in [0.4, 0.5) is 4.79 Å². The predicted molar refractivity (Wildman–Crippen MR) is 111 cm³/mol. The van der Waals surface area contributed by atoms with E-state index in [9.17, 15) is 9.59 Å². The standard InChI is InChI=1S/C22H34N4O3/c1-15-3-9-19(10-4-15)29-20-13-16(11-12-24-20)14-25-22(28)26-18-7-5-17(6-8-18)21(27)23-2/h11-13,15,17-19H,3-10,14H2,1-2H3,(H,23,27)(H2,25,26,28). The van der Waals surface area contributed by atoms with Gasteiger partial charge in [-0.2, -0.15) is 0 Å². The lowest BCUT2D eigenvalue weighted by Crippen LogP contribution is -2.44. The fourth-order valence-electron chi connectivity index (χ4n) is 4.27. The van der Waals surface area contributed by atoms with E-state index in [0.717, 1.165) is 50.0 Å². The molecule has 2 fully saturated rings. The number of hydrogen-bond acceptors (Lipinski definition) is 4. The number of carbonyl (C=O) groups is 2. The molecule has 7 nitrogen and oxygen atoms in total. The molecule has 0 spiro atoms. The smallest absolute Gasteiger partial charge is 0.315 e. The van der Waals surface area contributed by atoms with Crippen LogP contribution >= 0.6 is 0 Å². The summed E-state index contributed by atoms with van der Waals surface area (Å²) in [7, 11) is 1.67. The summed E-state index contributed by atoms with van der Waals surface area (Å²) in [4.78, 5) is 28.3. The Morgan fingerprint density at radius 1 is 1.10 bits per heavy atom. The molecular formula is C22H34N4O3. The highest BCUT2D eigenvalue weighted by atomic mass is 16.5. The van der Waals surface area contributed by atoms with Gasteiger partial charge in [0.25, 0.3) is 0 Å². The maximum absolute atomic E-state index is 12.2. The lowest BCUT2D eigenvalue weighted by Gasteiger charge is -2.28. The first-order valence-electron chi connectivity index (χ1n) is 10.9. The molecule has 7 heteroatoms. The Balaban J connectivity index is 1.39. The van der Waals surface area contributed by atoms with Crippen molar-refractivity contribution in [2.45, 2.75) is 77.0 Å². The van der Waals surface area contributed by atoms with Gasteiger partial charge in [-0.15, -0.1) is 0 Å². The molecule has 0 bridgehead atoms. The number of amides is 3. The van der Waals surface area contributed by atoms with Crippen LogP contribution < -0.4 is 20.7 Å². The number of nitrogens with one attached hydrogen (secondary N) is 3. The van der Waals surface area contributed by atoms with Gasteiger partial charge in [-0.25, -0.2) is 9.78 Å². The van der Waals surface area contributed by atoms with Crippen LogP contribution in [0, 0.1) is 11.8 Å². The Morgan fingerprint density at radius 3 is 2.52 bits per heavy atom. The largest absolute Gasteiger partial charge is 0.474 e. The van der Waals surface area contributed by atoms with E-state index in [4.69, 9.17) is 4.74 Å². The average Bonchev–Trinajstić information content (AvgIpc) is 2.74. The van der Waals surface area contributed by atoms with Crippen molar-refractivity contribution in [1.82, 2.24) is 20.9 Å². The first-order valence-corrected chi connectivity index (χ1v) is 10.9. The number of pyridine rings is 1. The summed E-state index contributed by atoms with van der Waals surface area (Å²) in [6, 6.07) is 3.76. The molecule has 0 radical (unpaired) electrons. The Hall–Kier alpha value is -2.31. The van der Waals surface area contributed by atoms with Crippen molar-refractivity contribution in [3.8, 4) is 5.88 Å². The summed E-state index contributed by atoms with van der Waals surface area (Å²) >= 11 is 0. The third-order valence-corrected chi connectivity index (χ3v) is 6.18. The molecule has 0 saturated heterocycles. The van der Waals surface area contributed by atoms with E-state index in [-0.39, 0.29) is 30.0 Å². The molecule has 0 aromatic carbocycles. The third-order valence-electron chi connectivity index (χ3n) is 6.18. The Bertz CT molecular complexity index is 680. The molecule has 1 aromatic rings. The summed E-state index contributed by atoms with van der Waals surface area (Å²) in [6.07, 6.45) is 9.84. The molecular weight excluding hydrogens is 368 g/mol. The molecule has 2 aliphatic rings. The SMILES string of the molecule is CNC(=O)C1CCC(NC(=O)NCc2ccnc(OC3CCC(C)CC3)c2)CC1. The Morgan fingerprint density at radius 2 is 1.83 bits per heavy atom. The molecule has 29 heavy (non-hydrogen) atoms. The molecule has 3 rings (SSSR count). The number of ether oxygens (including phenoxy) is 1. The maximum atomic E-state index is 12.2. The van der Waals surface area contributed by atoms with Gasteiger partial charge in [0.15, 0.2) is 0 Å². The molecule has 0 aliphatic heterocycles. The van der Waals surface area contributed by atoms with Crippen molar-refractivity contribution >= 4 is 11.9 Å². The first-order chi connectivity index (χ1) is 14.0. The lowest BCUT2D eigenvalue weighted by atomic mass is 9.85. The summed E-state index contributed by atoms with van der Waals surface area (Å²) < 4.78 is 6.04. The second-order valence-corrected chi connectivity index (χ2v) is 8.49. The molecule has 0 unspecified atom stereocenters. The quantitative estimate of drug-likeness (QED) is 0.682. The third kappa shape index (κ3) is 6.61. The van der Waals surface area contributed by atoms with Crippen LogP contribution in [-0.2, 0) is 11.3 Å². The molecule has 160 valence electrons. The van der Waals surface area contributed by atoms with Crippen molar-refractivity contribution in [3.05, 3.63) is 23.9 Å². The number of nitrogens with zero attached hydrogens (tertiary/aromatic N) is 1. The minimum absolute atomic E-state index is 0.0729. The van der Waals surface area contributed by atoms with Crippen molar-refractivity contribution < 1.29 is 14.3 Å². The van der Waals surface area contributed by atoms with Crippen LogP contribution in [0.25, 0.3) is 0 Å². The van der Waals surface area contributed by atoms with Gasteiger partial charge in [0.1, 0.15) is 6.10 Å². The highest BCUT2D eigenvalue weighted by Gasteiger charge is 2.26. The van der Waals surface area contributed by atoms with E-state index in [2.05, 4.69) is 27.9 Å². The van der Waals surface area contributed by atoms with Crippen molar-refractivity contribution in [2.24, 2.45) is 11.8 Å². The number of carbonyl (C=O) groups excluding carboxylic acids is 2. The second-order valence-electron chi connectivity index (χ2n) is 8.49. The van der Waals surface area contributed by atoms with Crippen LogP contribution in [0.2, 0.25) is 0 Å². The zero-order valence-corrected chi connectivity index (χ0v) is 17.6. The van der Waals surface area contributed by atoms with Crippen LogP contribution in [0.5, 0.6) is 5.88 Å². The van der Waals surface area contributed by atoms with Gasteiger partial charge >= 0.3 is 6.03 Å². The summed E-state index contributed by atoms with van der Waals surface area (Å²) in [5.41, 5.74) is 0.970. The summed E-state index contributed by atoms with van der Waals surface area (Å²) in [5, 5.41) is 8.64. The van der Waals surface area contributed by atoms with Gasteiger partial charge in [-0.1, -0.05) is 6.92 Å².